The molecule has 0 aromatic heterocycles. The summed E-state index contributed by atoms with van der Waals surface area (Å²) in [6, 6.07) is 12.9. The fourth-order valence-corrected chi connectivity index (χ4v) is 1.86. The van der Waals surface area contributed by atoms with Gasteiger partial charge in [-0.25, -0.2) is 4.39 Å². The normalized spacial score (nSPS) is 14.2. The van der Waals surface area contributed by atoms with E-state index in [4.69, 9.17) is 4.74 Å². The fourth-order valence-electron chi connectivity index (χ4n) is 1.86. The first-order chi connectivity index (χ1) is 9.24. The van der Waals surface area contributed by atoms with E-state index in [1.807, 2.05) is 0 Å². The van der Waals surface area contributed by atoms with Crippen LogP contribution in [0.3, 0.4) is 0 Å². The highest BCUT2D eigenvalue weighted by molar-refractivity contribution is 6.09. The third-order valence-electron chi connectivity index (χ3n) is 3.06. The molecule has 3 heteroatoms. The number of benzene rings is 2. The Labute approximate surface area is 110 Å². The lowest BCUT2D eigenvalue weighted by Gasteiger charge is -2.06. The molecule has 0 unspecified atom stereocenters. The van der Waals surface area contributed by atoms with Gasteiger partial charge in [-0.1, -0.05) is 12.1 Å². The van der Waals surface area contributed by atoms with Gasteiger partial charge in [0.05, 0.1) is 11.7 Å². The summed E-state index contributed by atoms with van der Waals surface area (Å²) in [4.78, 5) is 12.1. The first-order valence-corrected chi connectivity index (χ1v) is 6.30. The molecule has 0 N–H and O–H groups in total. The molecule has 2 aromatic carbocycles. The van der Waals surface area contributed by atoms with E-state index in [1.165, 1.54) is 12.1 Å². The summed E-state index contributed by atoms with van der Waals surface area (Å²) in [6.45, 7) is 0. The van der Waals surface area contributed by atoms with Crippen LogP contribution in [0.2, 0.25) is 0 Å². The molecule has 0 saturated heterocycles. The van der Waals surface area contributed by atoms with Crippen LogP contribution in [0.25, 0.3) is 0 Å². The van der Waals surface area contributed by atoms with E-state index in [0.717, 1.165) is 18.6 Å². The lowest BCUT2D eigenvalue weighted by molar-refractivity contribution is 0.103. The van der Waals surface area contributed by atoms with Crippen LogP contribution >= 0.6 is 0 Å². The molecule has 0 heterocycles. The van der Waals surface area contributed by atoms with Crippen LogP contribution in [0.15, 0.2) is 48.5 Å². The van der Waals surface area contributed by atoms with Crippen molar-refractivity contribution in [2.24, 2.45) is 0 Å². The number of hydrogen-bond donors (Lipinski definition) is 0. The number of rotatable bonds is 4. The second kappa shape index (κ2) is 4.84. The molecule has 0 atom stereocenters. The topological polar surface area (TPSA) is 26.3 Å². The van der Waals surface area contributed by atoms with Gasteiger partial charge in [-0.2, -0.15) is 0 Å². The third-order valence-corrected chi connectivity index (χ3v) is 3.06. The molecule has 2 aromatic rings. The maximum Gasteiger partial charge on any atom is 0.195 e. The van der Waals surface area contributed by atoms with Crippen LogP contribution in [0, 0.1) is 5.82 Å². The van der Waals surface area contributed by atoms with Gasteiger partial charge < -0.3 is 4.74 Å². The molecular weight excluding hydrogens is 243 g/mol. The SMILES string of the molecule is O=C(c1ccc(OC2CC2)cc1)c1ccccc1F. The Morgan fingerprint density at radius 2 is 1.74 bits per heavy atom. The van der Waals surface area contributed by atoms with Gasteiger partial charge in [-0.3, -0.25) is 4.79 Å². The summed E-state index contributed by atoms with van der Waals surface area (Å²) in [6.07, 6.45) is 2.51. The van der Waals surface area contributed by atoms with Crippen molar-refractivity contribution in [3.63, 3.8) is 0 Å². The molecular formula is C16H13FO2. The molecule has 0 bridgehead atoms. The zero-order valence-electron chi connectivity index (χ0n) is 10.3. The molecule has 1 saturated carbocycles. The Kier molecular flexibility index (Phi) is 3.03. The van der Waals surface area contributed by atoms with E-state index in [-0.39, 0.29) is 11.3 Å². The van der Waals surface area contributed by atoms with Crippen molar-refractivity contribution in [2.75, 3.05) is 0 Å². The lowest BCUT2D eigenvalue weighted by atomic mass is 10.0. The molecule has 0 radical (unpaired) electrons. The average Bonchev–Trinajstić information content (AvgIpc) is 3.23. The van der Waals surface area contributed by atoms with Gasteiger partial charge in [0, 0.05) is 5.56 Å². The van der Waals surface area contributed by atoms with Crippen molar-refractivity contribution in [3.8, 4) is 5.75 Å². The lowest BCUT2D eigenvalue weighted by Crippen LogP contribution is -2.04. The molecule has 0 aliphatic heterocycles. The highest BCUT2D eigenvalue weighted by atomic mass is 19.1. The molecule has 1 aliphatic rings. The smallest absolute Gasteiger partial charge is 0.195 e. The van der Waals surface area contributed by atoms with Gasteiger partial charge >= 0.3 is 0 Å². The van der Waals surface area contributed by atoms with Crippen molar-refractivity contribution in [1.29, 1.82) is 0 Å². The summed E-state index contributed by atoms with van der Waals surface area (Å²) >= 11 is 0. The zero-order chi connectivity index (χ0) is 13.2. The van der Waals surface area contributed by atoms with Gasteiger partial charge in [0.15, 0.2) is 5.78 Å². The van der Waals surface area contributed by atoms with Crippen molar-refractivity contribution in [2.45, 2.75) is 18.9 Å². The number of halogens is 1. The maximum absolute atomic E-state index is 13.5. The number of hydrogen-bond acceptors (Lipinski definition) is 2. The maximum atomic E-state index is 13.5. The monoisotopic (exact) mass is 256 g/mol. The van der Waals surface area contributed by atoms with E-state index in [2.05, 4.69) is 0 Å². The predicted octanol–water partition coefficient (Wildman–Crippen LogP) is 3.60. The van der Waals surface area contributed by atoms with Crippen LogP contribution < -0.4 is 4.74 Å². The van der Waals surface area contributed by atoms with Gasteiger partial charge in [-0.05, 0) is 49.2 Å². The second-order valence-electron chi connectivity index (χ2n) is 4.65. The summed E-state index contributed by atoms with van der Waals surface area (Å²) in [5.74, 6) is -0.0468. The minimum absolute atomic E-state index is 0.0957. The Morgan fingerprint density at radius 1 is 1.05 bits per heavy atom. The Bertz CT molecular complexity index is 600. The van der Waals surface area contributed by atoms with Crippen molar-refractivity contribution < 1.29 is 13.9 Å². The minimum atomic E-state index is -0.495. The van der Waals surface area contributed by atoms with Gasteiger partial charge in [0.2, 0.25) is 0 Å². The third kappa shape index (κ3) is 2.65. The van der Waals surface area contributed by atoms with Gasteiger partial charge in [-0.15, -0.1) is 0 Å². The van der Waals surface area contributed by atoms with Crippen molar-refractivity contribution in [1.82, 2.24) is 0 Å². The van der Waals surface area contributed by atoms with Crippen LogP contribution in [0.4, 0.5) is 4.39 Å². The molecule has 19 heavy (non-hydrogen) atoms. The summed E-state index contributed by atoms with van der Waals surface area (Å²) in [7, 11) is 0. The Balaban J connectivity index is 1.81. The molecule has 1 fully saturated rings. The minimum Gasteiger partial charge on any atom is -0.490 e. The Hall–Kier alpha value is -2.16. The Morgan fingerprint density at radius 3 is 2.37 bits per heavy atom. The first-order valence-electron chi connectivity index (χ1n) is 6.30. The second-order valence-corrected chi connectivity index (χ2v) is 4.65. The summed E-state index contributed by atoms with van der Waals surface area (Å²) < 4.78 is 19.1. The van der Waals surface area contributed by atoms with E-state index in [1.54, 1.807) is 36.4 Å². The van der Waals surface area contributed by atoms with Crippen molar-refractivity contribution >= 4 is 5.78 Å². The standard InChI is InChI=1S/C16H13FO2/c17-15-4-2-1-3-14(15)16(18)11-5-7-12(8-6-11)19-13-9-10-13/h1-8,13H,9-10H2. The fraction of sp³-hybridized carbons (Fsp3) is 0.188. The van der Waals surface area contributed by atoms with E-state index in [9.17, 15) is 9.18 Å². The molecule has 0 amide bonds. The molecule has 3 rings (SSSR count). The van der Waals surface area contributed by atoms with Crippen LogP contribution in [0.5, 0.6) is 5.75 Å². The van der Waals surface area contributed by atoms with Gasteiger partial charge in [0.25, 0.3) is 0 Å². The van der Waals surface area contributed by atoms with Crippen molar-refractivity contribution in [3.05, 3.63) is 65.5 Å². The van der Waals surface area contributed by atoms with E-state index < -0.39 is 5.82 Å². The molecule has 0 spiro atoms. The average molecular weight is 256 g/mol. The largest absolute Gasteiger partial charge is 0.490 e. The number of carbonyl (C=O) groups is 1. The highest BCUT2D eigenvalue weighted by Crippen LogP contribution is 2.27. The number of ketones is 1. The van der Waals surface area contributed by atoms with E-state index in [0.29, 0.717) is 11.7 Å². The van der Waals surface area contributed by atoms with Gasteiger partial charge in [0.1, 0.15) is 11.6 Å². The molecule has 2 nitrogen and oxygen atoms in total. The van der Waals surface area contributed by atoms with Crippen LogP contribution in [-0.2, 0) is 0 Å². The first kappa shape index (κ1) is 11.9. The van der Waals surface area contributed by atoms with Crippen LogP contribution in [-0.4, -0.2) is 11.9 Å². The van der Waals surface area contributed by atoms with E-state index >= 15 is 0 Å². The zero-order valence-corrected chi connectivity index (χ0v) is 10.3. The summed E-state index contributed by atoms with van der Waals surface area (Å²) in [5.41, 5.74) is 0.562. The molecule has 96 valence electrons. The summed E-state index contributed by atoms with van der Waals surface area (Å²) in [5, 5.41) is 0. The highest BCUT2D eigenvalue weighted by Gasteiger charge is 2.23. The quantitative estimate of drug-likeness (QED) is 0.781. The number of carbonyl (C=O) groups excluding carboxylic acids is 1. The number of ether oxygens (including phenoxy) is 1. The van der Waals surface area contributed by atoms with Crippen LogP contribution in [0.1, 0.15) is 28.8 Å². The predicted molar refractivity (Wildman–Crippen MR) is 69.9 cm³/mol. The molecule has 1 aliphatic carbocycles.